The van der Waals surface area contributed by atoms with Gasteiger partial charge in [0, 0.05) is 65.5 Å². The minimum absolute atomic E-state index is 0.0838. The summed E-state index contributed by atoms with van der Waals surface area (Å²) in [6.45, 7) is 8.59. The summed E-state index contributed by atoms with van der Waals surface area (Å²) < 4.78 is 1.36. The lowest BCUT2D eigenvalue weighted by Crippen LogP contribution is -2.60. The number of amides is 2. The highest BCUT2D eigenvalue weighted by molar-refractivity contribution is 5.91. The molecular formula is C25H34N6O2. The summed E-state index contributed by atoms with van der Waals surface area (Å²) in [6, 6.07) is 8.76. The van der Waals surface area contributed by atoms with Gasteiger partial charge in [-0.15, -0.1) is 0 Å². The number of hydrogen-bond acceptors (Lipinski definition) is 5. The molecule has 8 nitrogen and oxygen atoms in total. The van der Waals surface area contributed by atoms with E-state index in [0.29, 0.717) is 11.1 Å². The van der Waals surface area contributed by atoms with Gasteiger partial charge in [-0.2, -0.15) is 9.78 Å². The molecule has 4 heterocycles. The van der Waals surface area contributed by atoms with Crippen molar-refractivity contribution in [3.63, 3.8) is 0 Å². The summed E-state index contributed by atoms with van der Waals surface area (Å²) in [5.41, 5.74) is 3.81. The fourth-order valence-corrected chi connectivity index (χ4v) is 5.57. The highest BCUT2D eigenvalue weighted by Crippen LogP contribution is 2.42. The van der Waals surface area contributed by atoms with Gasteiger partial charge in [-0.1, -0.05) is 18.2 Å². The first-order valence-electron chi connectivity index (χ1n) is 12.1. The molecule has 5 rings (SSSR count). The molecule has 1 spiro atoms. The Balaban J connectivity index is 1.14. The first-order valence-corrected chi connectivity index (χ1v) is 12.1. The van der Waals surface area contributed by atoms with E-state index in [9.17, 15) is 9.59 Å². The largest absolute Gasteiger partial charge is 0.371 e. The van der Waals surface area contributed by atoms with Crippen LogP contribution in [0.5, 0.6) is 0 Å². The summed E-state index contributed by atoms with van der Waals surface area (Å²) in [6.07, 6.45) is 7.85. The highest BCUT2D eigenvalue weighted by Gasteiger charge is 2.45. The van der Waals surface area contributed by atoms with E-state index in [1.54, 1.807) is 19.4 Å². The van der Waals surface area contributed by atoms with Crippen LogP contribution in [0.2, 0.25) is 0 Å². The molecule has 2 amide bonds. The zero-order valence-electron chi connectivity index (χ0n) is 19.7. The van der Waals surface area contributed by atoms with Crippen LogP contribution in [0.15, 0.2) is 36.7 Å². The number of likely N-dealkylation sites (tertiary alicyclic amines) is 2. The Hall–Kier alpha value is -2.87. The lowest BCUT2D eigenvalue weighted by atomic mass is 9.72. The van der Waals surface area contributed by atoms with Crippen molar-refractivity contribution >= 4 is 23.3 Å². The van der Waals surface area contributed by atoms with E-state index >= 15 is 0 Å². The second-order valence-electron chi connectivity index (χ2n) is 9.96. The van der Waals surface area contributed by atoms with E-state index in [1.165, 1.54) is 53.7 Å². The fourth-order valence-electron chi connectivity index (χ4n) is 5.57. The minimum Gasteiger partial charge on any atom is -0.371 e. The third-order valence-corrected chi connectivity index (χ3v) is 7.67. The molecule has 0 unspecified atom stereocenters. The van der Waals surface area contributed by atoms with Gasteiger partial charge in [-0.25, -0.2) is 4.79 Å². The lowest BCUT2D eigenvalue weighted by Gasteiger charge is -2.54. The highest BCUT2D eigenvalue weighted by atomic mass is 16.2. The normalized spacial score (nSPS) is 20.2. The molecule has 3 fully saturated rings. The zero-order valence-corrected chi connectivity index (χ0v) is 19.7. The maximum atomic E-state index is 12.9. The Labute approximate surface area is 195 Å². The Morgan fingerprint density at radius 1 is 1.06 bits per heavy atom. The SMILES string of the molecule is CC(=O)N(C)c1cnn(C(=O)N2CCC3(CC2)CN(Cc2ccccc2N2CCCC2)C3)c1. The molecule has 33 heavy (non-hydrogen) atoms. The minimum atomic E-state index is -0.108. The fraction of sp³-hybridized carbons (Fsp3) is 0.560. The van der Waals surface area contributed by atoms with Crippen LogP contribution in [0.3, 0.4) is 0 Å². The number of hydrogen-bond donors (Lipinski definition) is 0. The van der Waals surface area contributed by atoms with Gasteiger partial charge in [0.05, 0.1) is 18.1 Å². The number of anilines is 2. The van der Waals surface area contributed by atoms with Crippen molar-refractivity contribution in [2.24, 2.45) is 5.41 Å². The van der Waals surface area contributed by atoms with Crippen molar-refractivity contribution in [3.8, 4) is 0 Å². The summed E-state index contributed by atoms with van der Waals surface area (Å²) >= 11 is 0. The maximum absolute atomic E-state index is 12.9. The van der Waals surface area contributed by atoms with Crippen LogP contribution in [-0.2, 0) is 11.3 Å². The van der Waals surface area contributed by atoms with Crippen molar-refractivity contribution in [2.45, 2.75) is 39.2 Å². The van der Waals surface area contributed by atoms with Crippen LogP contribution in [0.4, 0.5) is 16.2 Å². The van der Waals surface area contributed by atoms with Gasteiger partial charge >= 0.3 is 6.03 Å². The standard InChI is InChI=1S/C25H34N6O2/c1-20(32)27(2)22-15-26-31(17-22)24(33)30-13-9-25(10-14-30)18-28(19-25)16-21-7-3-4-8-23(21)29-11-5-6-12-29/h3-4,7-8,15,17H,5-6,9-14,16,18-19H2,1-2H3. The van der Waals surface area contributed by atoms with E-state index in [2.05, 4.69) is 39.2 Å². The molecule has 3 aliphatic rings. The number of carbonyl (C=O) groups excluding carboxylic acids is 2. The van der Waals surface area contributed by atoms with Crippen LogP contribution >= 0.6 is 0 Å². The van der Waals surface area contributed by atoms with Gasteiger partial charge in [0.25, 0.3) is 0 Å². The third kappa shape index (κ3) is 4.36. The number of piperidine rings is 1. The van der Waals surface area contributed by atoms with Crippen molar-refractivity contribution in [1.82, 2.24) is 19.6 Å². The molecule has 2 aromatic rings. The smallest absolute Gasteiger partial charge is 0.344 e. The molecule has 8 heteroatoms. The van der Waals surface area contributed by atoms with Gasteiger partial charge in [0.15, 0.2) is 0 Å². The molecule has 1 aromatic heterocycles. The molecule has 3 aliphatic heterocycles. The second kappa shape index (κ2) is 8.82. The molecule has 0 radical (unpaired) electrons. The van der Waals surface area contributed by atoms with E-state index in [-0.39, 0.29) is 11.9 Å². The quantitative estimate of drug-likeness (QED) is 0.717. The van der Waals surface area contributed by atoms with Crippen LogP contribution in [0, 0.1) is 5.41 Å². The topological polar surface area (TPSA) is 64.9 Å². The summed E-state index contributed by atoms with van der Waals surface area (Å²) in [4.78, 5) is 32.9. The van der Waals surface area contributed by atoms with Crippen molar-refractivity contribution in [2.75, 3.05) is 56.1 Å². The second-order valence-corrected chi connectivity index (χ2v) is 9.96. The zero-order chi connectivity index (χ0) is 23.0. The first-order chi connectivity index (χ1) is 15.9. The number of rotatable bonds is 4. The van der Waals surface area contributed by atoms with Gasteiger partial charge in [0.2, 0.25) is 5.91 Å². The van der Waals surface area contributed by atoms with E-state index in [1.807, 2.05) is 4.90 Å². The molecule has 0 saturated carbocycles. The molecule has 3 saturated heterocycles. The average molecular weight is 451 g/mol. The van der Waals surface area contributed by atoms with Gasteiger partial charge in [-0.3, -0.25) is 9.69 Å². The molecule has 0 atom stereocenters. The molecular weight excluding hydrogens is 416 g/mol. The van der Waals surface area contributed by atoms with Crippen LogP contribution in [0.25, 0.3) is 0 Å². The predicted molar refractivity (Wildman–Crippen MR) is 129 cm³/mol. The number of aromatic nitrogens is 2. The van der Waals surface area contributed by atoms with Crippen molar-refractivity contribution < 1.29 is 9.59 Å². The first kappa shape index (κ1) is 21.9. The van der Waals surface area contributed by atoms with Crippen molar-refractivity contribution in [1.29, 1.82) is 0 Å². The van der Waals surface area contributed by atoms with Gasteiger partial charge in [0.1, 0.15) is 0 Å². The lowest BCUT2D eigenvalue weighted by molar-refractivity contribution is -0.116. The Morgan fingerprint density at radius 3 is 2.45 bits per heavy atom. The third-order valence-electron chi connectivity index (χ3n) is 7.67. The Morgan fingerprint density at radius 2 is 1.76 bits per heavy atom. The molecule has 1 aromatic carbocycles. The van der Waals surface area contributed by atoms with Gasteiger partial charge < -0.3 is 14.7 Å². The summed E-state index contributed by atoms with van der Waals surface area (Å²) in [5, 5.41) is 4.18. The molecule has 0 bridgehead atoms. The van der Waals surface area contributed by atoms with Gasteiger partial charge in [-0.05, 0) is 42.7 Å². The number of benzene rings is 1. The molecule has 0 aliphatic carbocycles. The summed E-state index contributed by atoms with van der Waals surface area (Å²) in [7, 11) is 1.69. The number of carbonyl (C=O) groups is 2. The van der Waals surface area contributed by atoms with Crippen LogP contribution in [0.1, 0.15) is 38.2 Å². The predicted octanol–water partition coefficient (Wildman–Crippen LogP) is 3.03. The summed E-state index contributed by atoms with van der Waals surface area (Å²) in [5.74, 6) is -0.0838. The number of nitrogens with zero attached hydrogens (tertiary/aromatic N) is 6. The van der Waals surface area contributed by atoms with E-state index in [4.69, 9.17) is 0 Å². The van der Waals surface area contributed by atoms with Crippen molar-refractivity contribution in [3.05, 3.63) is 42.2 Å². The van der Waals surface area contributed by atoms with E-state index in [0.717, 1.165) is 45.6 Å². The Bertz CT molecular complexity index is 1010. The monoisotopic (exact) mass is 450 g/mol. The molecule has 176 valence electrons. The Kier molecular flexibility index (Phi) is 5.86. The average Bonchev–Trinajstić information content (AvgIpc) is 3.50. The number of para-hydroxylation sites is 1. The van der Waals surface area contributed by atoms with Crippen LogP contribution in [-0.4, -0.2) is 77.8 Å². The van der Waals surface area contributed by atoms with Crippen LogP contribution < -0.4 is 9.80 Å². The maximum Gasteiger partial charge on any atom is 0.344 e. The van der Waals surface area contributed by atoms with E-state index < -0.39 is 0 Å². The molecule has 0 N–H and O–H groups in total.